The molecule has 0 saturated heterocycles. The molecule has 0 aliphatic heterocycles. The summed E-state index contributed by atoms with van der Waals surface area (Å²) in [5, 5.41) is 1.18. The van der Waals surface area contributed by atoms with Crippen LogP contribution in [-0.4, -0.2) is 37.2 Å². The molecule has 0 fully saturated rings. The summed E-state index contributed by atoms with van der Waals surface area (Å²) < 4.78 is 7.60. The molecular formula is C13H18N2O. The molecule has 0 spiro atoms. The topological polar surface area (TPSA) is 17.4 Å². The molecule has 1 heterocycles. The van der Waals surface area contributed by atoms with Crippen molar-refractivity contribution in [3.8, 4) is 5.75 Å². The van der Waals surface area contributed by atoms with Gasteiger partial charge in [-0.3, -0.25) is 0 Å². The van der Waals surface area contributed by atoms with E-state index >= 15 is 0 Å². The number of hydrogen-bond acceptors (Lipinski definition) is 2. The summed E-state index contributed by atoms with van der Waals surface area (Å²) in [5.74, 6) is 0.945. The van der Waals surface area contributed by atoms with Gasteiger partial charge in [0.1, 0.15) is 5.75 Å². The fourth-order valence-electron chi connectivity index (χ4n) is 1.88. The van der Waals surface area contributed by atoms with Gasteiger partial charge in [0.05, 0.1) is 12.6 Å². The van der Waals surface area contributed by atoms with Crippen molar-refractivity contribution in [2.45, 2.75) is 6.54 Å². The third-order valence-electron chi connectivity index (χ3n) is 2.78. The van der Waals surface area contributed by atoms with E-state index in [9.17, 15) is 0 Å². The van der Waals surface area contributed by atoms with Crippen molar-refractivity contribution in [3.05, 3.63) is 30.5 Å². The third-order valence-corrected chi connectivity index (χ3v) is 2.78. The lowest BCUT2D eigenvalue weighted by Crippen LogP contribution is -2.17. The molecule has 2 rings (SSSR count). The molecule has 0 atom stereocenters. The average Bonchev–Trinajstić information content (AvgIpc) is 2.69. The van der Waals surface area contributed by atoms with Crippen LogP contribution >= 0.6 is 0 Å². The molecule has 2 aromatic rings. The van der Waals surface area contributed by atoms with Gasteiger partial charge >= 0.3 is 0 Å². The van der Waals surface area contributed by atoms with Crippen molar-refractivity contribution >= 4 is 10.9 Å². The quantitative estimate of drug-likeness (QED) is 0.783. The number of nitrogens with zero attached hydrogens (tertiary/aromatic N) is 2. The lowest BCUT2D eigenvalue weighted by molar-refractivity contribution is 0.387. The van der Waals surface area contributed by atoms with Crippen LogP contribution in [0.15, 0.2) is 30.5 Å². The largest absolute Gasteiger partial charge is 0.496 e. The van der Waals surface area contributed by atoms with Gasteiger partial charge in [0, 0.05) is 24.7 Å². The summed E-state index contributed by atoms with van der Waals surface area (Å²) in [6.07, 6.45) is 2.12. The Labute approximate surface area is 96.2 Å². The molecule has 86 valence electrons. The second-order valence-electron chi connectivity index (χ2n) is 4.21. The minimum absolute atomic E-state index is 0.945. The molecule has 0 radical (unpaired) electrons. The lowest BCUT2D eigenvalue weighted by Gasteiger charge is -2.11. The van der Waals surface area contributed by atoms with Crippen LogP contribution in [0.5, 0.6) is 5.75 Å². The van der Waals surface area contributed by atoms with Crippen LogP contribution in [-0.2, 0) is 6.54 Å². The van der Waals surface area contributed by atoms with E-state index < -0.39 is 0 Å². The Bertz CT molecular complexity index is 474. The normalized spacial score (nSPS) is 11.2. The van der Waals surface area contributed by atoms with Crippen molar-refractivity contribution < 1.29 is 4.74 Å². The zero-order valence-electron chi connectivity index (χ0n) is 10.1. The van der Waals surface area contributed by atoms with E-state index in [0.717, 1.165) is 18.8 Å². The number of ether oxygens (including phenoxy) is 1. The van der Waals surface area contributed by atoms with Gasteiger partial charge in [-0.25, -0.2) is 0 Å². The van der Waals surface area contributed by atoms with Crippen LogP contribution in [0, 0.1) is 0 Å². The lowest BCUT2D eigenvalue weighted by atomic mass is 10.2. The zero-order valence-corrected chi connectivity index (χ0v) is 10.1. The number of fused-ring (bicyclic) bond motifs is 1. The Hall–Kier alpha value is -1.48. The van der Waals surface area contributed by atoms with Crippen molar-refractivity contribution in [3.63, 3.8) is 0 Å². The maximum absolute atomic E-state index is 5.34. The second kappa shape index (κ2) is 4.58. The highest BCUT2D eigenvalue weighted by molar-refractivity contribution is 5.86. The van der Waals surface area contributed by atoms with Gasteiger partial charge in [0.2, 0.25) is 0 Å². The smallest absolute Gasteiger partial charge is 0.128 e. The number of aromatic nitrogens is 1. The molecule has 0 aliphatic carbocycles. The molecule has 0 aliphatic rings. The Balaban J connectivity index is 2.34. The van der Waals surface area contributed by atoms with Gasteiger partial charge in [-0.1, -0.05) is 6.07 Å². The molecule has 1 aromatic carbocycles. The molecule has 0 amide bonds. The maximum atomic E-state index is 5.34. The van der Waals surface area contributed by atoms with E-state index in [2.05, 4.69) is 41.9 Å². The number of benzene rings is 1. The van der Waals surface area contributed by atoms with Crippen molar-refractivity contribution in [2.75, 3.05) is 27.7 Å². The standard InChI is InChI=1S/C13H18N2O/c1-14(2)9-10-15-8-7-11-12(15)5-4-6-13(11)16-3/h4-8H,9-10H2,1-3H3. The number of likely N-dealkylation sites (N-methyl/N-ethyl adjacent to an activating group) is 1. The number of rotatable bonds is 4. The Morgan fingerprint density at radius 1 is 1.25 bits per heavy atom. The van der Waals surface area contributed by atoms with Crippen LogP contribution in [0.2, 0.25) is 0 Å². The Kier molecular flexibility index (Phi) is 3.15. The first-order valence-electron chi connectivity index (χ1n) is 5.49. The molecule has 0 bridgehead atoms. The van der Waals surface area contributed by atoms with Gasteiger partial charge in [0.25, 0.3) is 0 Å². The van der Waals surface area contributed by atoms with Crippen LogP contribution in [0.25, 0.3) is 10.9 Å². The van der Waals surface area contributed by atoms with Gasteiger partial charge < -0.3 is 14.2 Å². The summed E-state index contributed by atoms with van der Waals surface area (Å²) in [7, 11) is 5.89. The predicted molar refractivity (Wildman–Crippen MR) is 67.0 cm³/mol. The number of methoxy groups -OCH3 is 1. The summed E-state index contributed by atoms with van der Waals surface area (Å²) in [4.78, 5) is 2.19. The van der Waals surface area contributed by atoms with Gasteiger partial charge in [-0.2, -0.15) is 0 Å². The third kappa shape index (κ3) is 2.04. The van der Waals surface area contributed by atoms with E-state index in [-0.39, 0.29) is 0 Å². The Morgan fingerprint density at radius 2 is 2.06 bits per heavy atom. The summed E-state index contributed by atoms with van der Waals surface area (Å²) in [6.45, 7) is 2.05. The predicted octanol–water partition coefficient (Wildman–Crippen LogP) is 2.21. The van der Waals surface area contributed by atoms with Crippen LogP contribution in [0.4, 0.5) is 0 Å². The van der Waals surface area contributed by atoms with Crippen molar-refractivity contribution in [2.24, 2.45) is 0 Å². The molecule has 1 aromatic heterocycles. The van der Waals surface area contributed by atoms with Gasteiger partial charge in [-0.05, 0) is 32.3 Å². The molecular weight excluding hydrogens is 200 g/mol. The maximum Gasteiger partial charge on any atom is 0.128 e. The molecule has 0 saturated carbocycles. The fourth-order valence-corrected chi connectivity index (χ4v) is 1.88. The van der Waals surface area contributed by atoms with Crippen LogP contribution < -0.4 is 4.74 Å². The summed E-state index contributed by atoms with van der Waals surface area (Å²) >= 11 is 0. The first-order valence-corrected chi connectivity index (χ1v) is 5.49. The van der Waals surface area contributed by atoms with Crippen LogP contribution in [0.3, 0.4) is 0 Å². The van der Waals surface area contributed by atoms with Crippen LogP contribution in [0.1, 0.15) is 0 Å². The number of hydrogen-bond donors (Lipinski definition) is 0. The highest BCUT2D eigenvalue weighted by Crippen LogP contribution is 2.25. The second-order valence-corrected chi connectivity index (χ2v) is 4.21. The highest BCUT2D eigenvalue weighted by Gasteiger charge is 2.05. The minimum Gasteiger partial charge on any atom is -0.496 e. The van der Waals surface area contributed by atoms with Gasteiger partial charge in [-0.15, -0.1) is 0 Å². The molecule has 16 heavy (non-hydrogen) atoms. The molecule has 0 N–H and O–H groups in total. The van der Waals surface area contributed by atoms with E-state index in [1.165, 1.54) is 10.9 Å². The molecule has 0 unspecified atom stereocenters. The first-order chi connectivity index (χ1) is 7.72. The zero-order chi connectivity index (χ0) is 11.5. The molecule has 3 heteroatoms. The fraction of sp³-hybridized carbons (Fsp3) is 0.385. The Morgan fingerprint density at radius 3 is 2.75 bits per heavy atom. The summed E-state index contributed by atoms with van der Waals surface area (Å²) in [5.41, 5.74) is 1.24. The van der Waals surface area contributed by atoms with Crippen molar-refractivity contribution in [1.82, 2.24) is 9.47 Å². The van der Waals surface area contributed by atoms with E-state index in [1.54, 1.807) is 7.11 Å². The summed E-state index contributed by atoms with van der Waals surface area (Å²) in [6, 6.07) is 8.28. The molecule has 3 nitrogen and oxygen atoms in total. The minimum atomic E-state index is 0.945. The van der Waals surface area contributed by atoms with E-state index in [0.29, 0.717) is 0 Å². The average molecular weight is 218 g/mol. The van der Waals surface area contributed by atoms with E-state index in [1.807, 2.05) is 12.1 Å². The van der Waals surface area contributed by atoms with E-state index in [4.69, 9.17) is 4.74 Å². The SMILES string of the molecule is COc1cccc2c1ccn2CCN(C)C. The van der Waals surface area contributed by atoms with Crippen molar-refractivity contribution in [1.29, 1.82) is 0 Å². The first kappa shape index (κ1) is 11.0. The highest BCUT2D eigenvalue weighted by atomic mass is 16.5. The van der Waals surface area contributed by atoms with Gasteiger partial charge in [0.15, 0.2) is 0 Å². The monoisotopic (exact) mass is 218 g/mol.